The van der Waals surface area contributed by atoms with Gasteiger partial charge in [0.15, 0.2) is 11.6 Å². The fraction of sp³-hybridized carbons (Fsp3) is 0.147. The fourth-order valence-corrected chi connectivity index (χ4v) is 7.17. The molecule has 0 aliphatic carbocycles. The number of nitrogens with one attached hydrogen (secondary N) is 1. The highest BCUT2D eigenvalue weighted by molar-refractivity contribution is 6.34. The van der Waals surface area contributed by atoms with Crippen molar-refractivity contribution in [1.82, 2.24) is 4.90 Å². The summed E-state index contributed by atoms with van der Waals surface area (Å²) in [5, 5.41) is 3.33. The van der Waals surface area contributed by atoms with Gasteiger partial charge in [0.2, 0.25) is 5.91 Å². The van der Waals surface area contributed by atoms with E-state index in [1.807, 2.05) is 65.7 Å². The molecule has 1 spiro atoms. The third-order valence-corrected chi connectivity index (χ3v) is 8.94. The van der Waals surface area contributed by atoms with Crippen molar-refractivity contribution in [2.45, 2.75) is 17.5 Å². The lowest BCUT2D eigenvalue weighted by Crippen LogP contribution is -2.49. The summed E-state index contributed by atoms with van der Waals surface area (Å²) in [5.41, 5.74) is 2.39. The van der Waals surface area contributed by atoms with Crippen molar-refractivity contribution >= 4 is 40.8 Å². The number of benzene rings is 4. The second-order valence-electron chi connectivity index (χ2n) is 10.5. The number of nitrogens with zero attached hydrogens (tertiary/aromatic N) is 1. The number of rotatable bonds is 5. The van der Waals surface area contributed by atoms with E-state index in [0.29, 0.717) is 22.6 Å². The minimum absolute atomic E-state index is 0.271. The Morgan fingerprint density at radius 2 is 1.66 bits per heavy atom. The van der Waals surface area contributed by atoms with Gasteiger partial charge in [-0.2, -0.15) is 0 Å². The molecule has 202 valence electrons. The van der Waals surface area contributed by atoms with E-state index in [-0.39, 0.29) is 28.1 Å². The molecule has 1 saturated heterocycles. The van der Waals surface area contributed by atoms with E-state index in [2.05, 4.69) is 5.32 Å². The molecule has 6 nitrogen and oxygen atoms in total. The summed E-state index contributed by atoms with van der Waals surface area (Å²) < 4.78 is 5.41. The highest BCUT2D eigenvalue weighted by Gasteiger charge is 2.70. The van der Waals surface area contributed by atoms with Crippen LogP contribution in [0.3, 0.4) is 0 Å². The molecule has 0 saturated carbocycles. The summed E-state index contributed by atoms with van der Waals surface area (Å²) >= 11 is 6.60. The Kier molecular flexibility index (Phi) is 5.84. The summed E-state index contributed by atoms with van der Waals surface area (Å²) in [6.07, 6.45) is 3.79. The van der Waals surface area contributed by atoms with Gasteiger partial charge in [-0.05, 0) is 53.1 Å². The Bertz CT molecular complexity index is 1780. The molecule has 0 bridgehead atoms. The average molecular weight is 561 g/mol. The Balaban J connectivity index is 1.54. The number of fused-ring (bicyclic) bond motifs is 6. The highest BCUT2D eigenvalue weighted by Crippen LogP contribution is 2.62. The van der Waals surface area contributed by atoms with Gasteiger partial charge < -0.3 is 15.0 Å². The molecule has 0 radical (unpaired) electrons. The lowest BCUT2D eigenvalue weighted by atomic mass is 9.62. The van der Waals surface area contributed by atoms with E-state index in [0.717, 1.165) is 11.1 Å². The van der Waals surface area contributed by atoms with Crippen LogP contribution in [0.4, 0.5) is 5.69 Å². The molecule has 4 aromatic carbocycles. The summed E-state index contributed by atoms with van der Waals surface area (Å²) in [5.74, 6) is -1.52. The molecule has 4 aromatic rings. The van der Waals surface area contributed by atoms with Gasteiger partial charge in [-0.25, -0.2) is 0 Å². The van der Waals surface area contributed by atoms with Crippen molar-refractivity contribution in [3.63, 3.8) is 0 Å². The third kappa shape index (κ3) is 3.54. The normalized spacial score (nSPS) is 23.5. The maximum absolute atomic E-state index is 14.8. The second kappa shape index (κ2) is 9.46. The zero-order valence-corrected chi connectivity index (χ0v) is 22.8. The summed E-state index contributed by atoms with van der Waals surface area (Å²) in [4.78, 5) is 45.8. The number of halogens is 1. The molecule has 1 fully saturated rings. The van der Waals surface area contributed by atoms with Crippen LogP contribution in [-0.2, 0) is 10.2 Å². The summed E-state index contributed by atoms with van der Waals surface area (Å²) in [6, 6.07) is 27.3. The number of methoxy groups -OCH3 is 1. The molecule has 1 amide bonds. The highest BCUT2D eigenvalue weighted by atomic mass is 35.5. The first kappa shape index (κ1) is 25.3. The number of ketones is 2. The molecular weight excluding hydrogens is 536 g/mol. The van der Waals surface area contributed by atoms with Crippen molar-refractivity contribution in [3.05, 3.63) is 136 Å². The number of Topliss-reactive ketones (excluding diaryl/α,β-unsaturated/α-hetero) is 2. The number of amides is 1. The number of ether oxygens (including phenoxy) is 1. The first-order valence-corrected chi connectivity index (χ1v) is 13.8. The predicted molar refractivity (Wildman–Crippen MR) is 157 cm³/mol. The van der Waals surface area contributed by atoms with Crippen molar-refractivity contribution in [2.24, 2.45) is 5.92 Å². The first-order valence-electron chi connectivity index (χ1n) is 13.4. The third-order valence-electron chi connectivity index (χ3n) is 8.62. The van der Waals surface area contributed by atoms with Crippen LogP contribution in [0.1, 0.15) is 43.4 Å². The van der Waals surface area contributed by atoms with Crippen molar-refractivity contribution in [3.8, 4) is 5.75 Å². The second-order valence-corrected chi connectivity index (χ2v) is 10.9. The van der Waals surface area contributed by atoms with Gasteiger partial charge in [0.25, 0.3) is 0 Å². The quantitative estimate of drug-likeness (QED) is 0.289. The minimum Gasteiger partial charge on any atom is -0.497 e. The Labute approximate surface area is 242 Å². The van der Waals surface area contributed by atoms with E-state index in [1.54, 1.807) is 48.5 Å². The lowest BCUT2D eigenvalue weighted by Gasteiger charge is -2.38. The number of hydrogen-bond acceptors (Lipinski definition) is 5. The van der Waals surface area contributed by atoms with Gasteiger partial charge in [-0.15, -0.1) is 0 Å². The average Bonchev–Trinajstić information content (AvgIpc) is 3.49. The monoisotopic (exact) mass is 560 g/mol. The van der Waals surface area contributed by atoms with Gasteiger partial charge in [0, 0.05) is 23.0 Å². The van der Waals surface area contributed by atoms with Crippen LogP contribution in [0.2, 0.25) is 5.02 Å². The van der Waals surface area contributed by atoms with Crippen LogP contribution in [-0.4, -0.2) is 35.5 Å². The summed E-state index contributed by atoms with van der Waals surface area (Å²) in [6.45, 7) is 0. The first-order chi connectivity index (χ1) is 20.0. The van der Waals surface area contributed by atoms with E-state index >= 15 is 0 Å². The zero-order chi connectivity index (χ0) is 28.3. The van der Waals surface area contributed by atoms with Crippen molar-refractivity contribution < 1.29 is 19.1 Å². The van der Waals surface area contributed by atoms with Crippen LogP contribution < -0.4 is 10.1 Å². The van der Waals surface area contributed by atoms with E-state index in [9.17, 15) is 14.4 Å². The Morgan fingerprint density at radius 1 is 0.902 bits per heavy atom. The van der Waals surface area contributed by atoms with Crippen LogP contribution >= 0.6 is 11.6 Å². The molecule has 0 aromatic heterocycles. The fourth-order valence-electron chi connectivity index (χ4n) is 6.94. The molecule has 0 unspecified atom stereocenters. The van der Waals surface area contributed by atoms with E-state index < -0.39 is 23.4 Å². The van der Waals surface area contributed by atoms with Crippen molar-refractivity contribution in [1.29, 1.82) is 0 Å². The van der Waals surface area contributed by atoms with E-state index in [1.165, 1.54) is 7.11 Å². The molecule has 4 atom stereocenters. The zero-order valence-electron chi connectivity index (χ0n) is 22.1. The molecular formula is C34H25ClN2O4. The summed E-state index contributed by atoms with van der Waals surface area (Å²) in [7, 11) is 1.54. The smallest absolute Gasteiger partial charge is 0.238 e. The van der Waals surface area contributed by atoms with Gasteiger partial charge in [0.05, 0.1) is 24.1 Å². The molecule has 3 aliphatic heterocycles. The number of anilines is 1. The van der Waals surface area contributed by atoms with Gasteiger partial charge in [0.1, 0.15) is 17.2 Å². The lowest BCUT2D eigenvalue weighted by molar-refractivity contribution is -0.122. The predicted octanol–water partition coefficient (Wildman–Crippen LogP) is 6.33. The standard InChI is InChI=1S/C34H25ClN2O4/c1-41-22-11-8-10-21(19-22)30(38)29-28(31(39)24-13-4-6-15-26(24)35)34(25-14-5-7-16-27(25)36-33(34)40)32-23-12-3-2-9-20(23)17-18-37(29)32/h2-19,28-29,32H,1H3,(H,36,40)/t28-,29-,32+,34+/m0/s1. The number of para-hydroxylation sites is 1. The molecule has 7 heteroatoms. The van der Waals surface area contributed by atoms with Crippen LogP contribution in [0.5, 0.6) is 5.75 Å². The van der Waals surface area contributed by atoms with Gasteiger partial charge in [-0.1, -0.05) is 78.3 Å². The largest absolute Gasteiger partial charge is 0.497 e. The van der Waals surface area contributed by atoms with Crippen LogP contribution in [0.25, 0.3) is 6.08 Å². The topological polar surface area (TPSA) is 75.7 Å². The molecule has 1 N–H and O–H groups in total. The van der Waals surface area contributed by atoms with E-state index in [4.69, 9.17) is 16.3 Å². The van der Waals surface area contributed by atoms with Crippen LogP contribution in [0.15, 0.2) is 103 Å². The Hall–Kier alpha value is -4.68. The maximum Gasteiger partial charge on any atom is 0.238 e. The molecule has 7 rings (SSSR count). The number of hydrogen-bond donors (Lipinski definition) is 1. The minimum atomic E-state index is -1.41. The number of carbonyl (C=O) groups is 3. The SMILES string of the molecule is COc1cccc(C(=O)[C@@H]2[C@@H](C(=O)c3ccccc3Cl)[C@@]3(C(=O)Nc4ccccc43)[C@H]3c4ccccc4C=CN23)c1. The molecule has 3 aliphatic rings. The molecule has 41 heavy (non-hydrogen) atoms. The number of carbonyl (C=O) groups excluding carboxylic acids is 3. The van der Waals surface area contributed by atoms with Crippen molar-refractivity contribution in [2.75, 3.05) is 12.4 Å². The maximum atomic E-state index is 14.8. The molecule has 3 heterocycles. The van der Waals surface area contributed by atoms with Crippen LogP contribution in [0, 0.1) is 5.92 Å². The van der Waals surface area contributed by atoms with Gasteiger partial charge in [-0.3, -0.25) is 14.4 Å². The van der Waals surface area contributed by atoms with Gasteiger partial charge >= 0.3 is 0 Å². The Morgan fingerprint density at radius 3 is 2.49 bits per heavy atom.